The normalized spacial score (nSPS) is 14.9. The van der Waals surface area contributed by atoms with Crippen LogP contribution in [0.2, 0.25) is 5.02 Å². The van der Waals surface area contributed by atoms with E-state index in [9.17, 15) is 8.42 Å². The molecular weight excluding hydrogens is 476 g/mol. The Morgan fingerprint density at radius 1 is 1.18 bits per heavy atom. The molecule has 0 atom stereocenters. The number of pyridine rings is 1. The summed E-state index contributed by atoms with van der Waals surface area (Å²) in [6.07, 6.45) is 5.11. The predicted octanol–water partition coefficient (Wildman–Crippen LogP) is 3.74. The van der Waals surface area contributed by atoms with Gasteiger partial charge in [0.05, 0.1) is 22.2 Å². The van der Waals surface area contributed by atoms with Crippen LogP contribution in [0.15, 0.2) is 47.8 Å². The lowest BCUT2D eigenvalue weighted by Gasteiger charge is -2.12. The van der Waals surface area contributed by atoms with Gasteiger partial charge < -0.3 is 9.30 Å². The second kappa shape index (κ2) is 8.30. The van der Waals surface area contributed by atoms with Gasteiger partial charge in [0.2, 0.25) is 15.9 Å². The molecule has 0 spiro atoms. The van der Waals surface area contributed by atoms with Gasteiger partial charge in [-0.05, 0) is 69.6 Å². The molecule has 1 N–H and O–H groups in total. The summed E-state index contributed by atoms with van der Waals surface area (Å²) in [5.74, 6) is 0.927. The zero-order valence-electron chi connectivity index (χ0n) is 18.9. The second-order valence-corrected chi connectivity index (χ2v) is 10.9. The first-order valence-corrected chi connectivity index (χ1v) is 12.6. The Labute approximate surface area is 202 Å². The molecule has 9 nitrogen and oxygen atoms in total. The molecule has 0 aliphatic heterocycles. The quantitative estimate of drug-likeness (QED) is 0.413. The molecule has 1 aliphatic carbocycles. The number of hydrogen-bond donors (Lipinski definition) is 1. The highest BCUT2D eigenvalue weighted by atomic mass is 35.5. The first-order valence-electron chi connectivity index (χ1n) is 10.7. The number of aryl methyl sites for hydroxylation is 1. The van der Waals surface area contributed by atoms with Gasteiger partial charge in [0.1, 0.15) is 17.8 Å². The molecular formula is C23H23ClN6O3S. The summed E-state index contributed by atoms with van der Waals surface area (Å²) in [6.45, 7) is 4.42. The van der Waals surface area contributed by atoms with Crippen molar-refractivity contribution in [1.82, 2.24) is 29.2 Å². The third kappa shape index (κ3) is 4.24. The smallest absolute Gasteiger partial charge is 0.245 e. The molecule has 3 aromatic heterocycles. The zero-order chi connectivity index (χ0) is 24.1. The van der Waals surface area contributed by atoms with Gasteiger partial charge in [0.15, 0.2) is 11.2 Å². The largest absolute Gasteiger partial charge is 0.470 e. The minimum atomic E-state index is -3.64. The van der Waals surface area contributed by atoms with Crippen molar-refractivity contribution in [2.75, 3.05) is 7.05 Å². The van der Waals surface area contributed by atoms with Crippen molar-refractivity contribution in [3.05, 3.63) is 59.1 Å². The molecule has 3 heterocycles. The number of nitrogens with one attached hydrogen (secondary N) is 1. The Kier molecular flexibility index (Phi) is 5.54. The van der Waals surface area contributed by atoms with Crippen LogP contribution in [0.5, 0.6) is 5.88 Å². The highest BCUT2D eigenvalue weighted by Crippen LogP contribution is 2.41. The fraction of sp³-hybridized carbons (Fsp3) is 0.304. The number of benzene rings is 1. The van der Waals surface area contributed by atoms with Crippen molar-refractivity contribution in [2.24, 2.45) is 0 Å². The van der Waals surface area contributed by atoms with Crippen LogP contribution in [0.25, 0.3) is 22.6 Å². The van der Waals surface area contributed by atoms with E-state index in [1.54, 1.807) is 12.3 Å². The van der Waals surface area contributed by atoms with Gasteiger partial charge in [-0.15, -0.1) is 0 Å². The van der Waals surface area contributed by atoms with E-state index in [0.717, 1.165) is 24.1 Å². The first kappa shape index (κ1) is 22.7. The van der Waals surface area contributed by atoms with Crippen molar-refractivity contribution in [3.63, 3.8) is 0 Å². The second-order valence-electron chi connectivity index (χ2n) is 8.60. The van der Waals surface area contributed by atoms with Gasteiger partial charge in [0, 0.05) is 11.8 Å². The maximum Gasteiger partial charge on any atom is 0.245 e. The van der Waals surface area contributed by atoms with Gasteiger partial charge in [-0.3, -0.25) is 4.98 Å². The van der Waals surface area contributed by atoms with E-state index in [1.165, 1.54) is 25.5 Å². The van der Waals surface area contributed by atoms with Crippen LogP contribution in [0, 0.1) is 6.92 Å². The Bertz CT molecular complexity index is 1510. The molecule has 0 radical (unpaired) electrons. The van der Waals surface area contributed by atoms with Crippen molar-refractivity contribution >= 4 is 32.8 Å². The molecule has 1 saturated carbocycles. The molecule has 5 rings (SSSR count). The Morgan fingerprint density at radius 3 is 2.65 bits per heavy atom. The van der Waals surface area contributed by atoms with Crippen molar-refractivity contribution in [1.29, 1.82) is 0 Å². The lowest BCUT2D eigenvalue weighted by atomic mass is 10.2. The summed E-state index contributed by atoms with van der Waals surface area (Å²) in [5, 5.41) is 0.245. The number of aromatic nitrogens is 5. The maximum absolute atomic E-state index is 12.2. The van der Waals surface area contributed by atoms with Crippen molar-refractivity contribution in [3.8, 4) is 17.3 Å². The van der Waals surface area contributed by atoms with E-state index < -0.39 is 10.0 Å². The van der Waals surface area contributed by atoms with E-state index in [-0.39, 0.29) is 15.5 Å². The SMILES string of the molecule is CNS(=O)(=O)c1ccc(-c2nc3c(OC4(C)CC4)ncnc3n2Cc2cc(C)ccn2)c(Cl)c1. The average Bonchev–Trinajstić information content (AvgIpc) is 3.42. The van der Waals surface area contributed by atoms with E-state index in [2.05, 4.69) is 19.7 Å². The zero-order valence-corrected chi connectivity index (χ0v) is 20.5. The number of rotatable bonds is 7. The molecule has 1 fully saturated rings. The summed E-state index contributed by atoms with van der Waals surface area (Å²) in [4.78, 5) is 18.2. The van der Waals surface area contributed by atoms with Crippen LogP contribution in [-0.4, -0.2) is 45.6 Å². The van der Waals surface area contributed by atoms with Crippen LogP contribution in [0.1, 0.15) is 31.0 Å². The molecule has 176 valence electrons. The summed E-state index contributed by atoms with van der Waals surface area (Å²) in [7, 11) is -2.29. The Morgan fingerprint density at radius 2 is 1.97 bits per heavy atom. The average molecular weight is 499 g/mol. The summed E-state index contributed by atoms with van der Waals surface area (Å²) < 4.78 is 34.8. The maximum atomic E-state index is 12.2. The van der Waals surface area contributed by atoms with E-state index >= 15 is 0 Å². The number of ether oxygens (including phenoxy) is 1. The first-order chi connectivity index (χ1) is 16.2. The van der Waals surface area contributed by atoms with Gasteiger partial charge in [-0.2, -0.15) is 4.98 Å². The number of hydrogen-bond acceptors (Lipinski definition) is 7. The van der Waals surface area contributed by atoms with Crippen molar-refractivity contribution in [2.45, 2.75) is 43.7 Å². The molecule has 1 aromatic carbocycles. The van der Waals surface area contributed by atoms with E-state index in [0.29, 0.717) is 35.0 Å². The number of sulfonamides is 1. The van der Waals surface area contributed by atoms with Crippen LogP contribution in [0.3, 0.4) is 0 Å². The number of fused-ring (bicyclic) bond motifs is 1. The van der Waals surface area contributed by atoms with Crippen LogP contribution in [0.4, 0.5) is 0 Å². The Balaban J connectivity index is 1.69. The highest BCUT2D eigenvalue weighted by Gasteiger charge is 2.41. The molecule has 4 aromatic rings. The van der Waals surface area contributed by atoms with Crippen LogP contribution in [-0.2, 0) is 16.6 Å². The fourth-order valence-corrected chi connectivity index (χ4v) is 4.75. The lowest BCUT2D eigenvalue weighted by molar-refractivity contribution is 0.194. The lowest BCUT2D eigenvalue weighted by Crippen LogP contribution is -2.18. The van der Waals surface area contributed by atoms with Gasteiger partial charge >= 0.3 is 0 Å². The van der Waals surface area contributed by atoms with Crippen LogP contribution < -0.4 is 9.46 Å². The molecule has 0 saturated heterocycles. The van der Waals surface area contributed by atoms with E-state index in [4.69, 9.17) is 21.3 Å². The molecule has 0 unspecified atom stereocenters. The minimum absolute atomic E-state index is 0.0669. The summed E-state index contributed by atoms with van der Waals surface area (Å²) >= 11 is 6.58. The molecule has 1 aliphatic rings. The predicted molar refractivity (Wildman–Crippen MR) is 128 cm³/mol. The van der Waals surface area contributed by atoms with Crippen molar-refractivity contribution < 1.29 is 13.2 Å². The number of halogens is 1. The third-order valence-corrected chi connectivity index (χ3v) is 7.57. The summed E-state index contributed by atoms with van der Waals surface area (Å²) in [5.41, 5.74) is 3.31. The van der Waals surface area contributed by atoms with E-state index in [1.807, 2.05) is 30.5 Å². The molecule has 34 heavy (non-hydrogen) atoms. The fourth-order valence-electron chi connectivity index (χ4n) is 3.67. The minimum Gasteiger partial charge on any atom is -0.470 e. The number of nitrogens with zero attached hydrogens (tertiary/aromatic N) is 5. The van der Waals surface area contributed by atoms with Crippen LogP contribution >= 0.6 is 11.6 Å². The number of imidazole rings is 1. The molecule has 11 heteroatoms. The Hall–Kier alpha value is -3.08. The monoisotopic (exact) mass is 498 g/mol. The summed E-state index contributed by atoms with van der Waals surface area (Å²) in [6, 6.07) is 8.47. The third-order valence-electron chi connectivity index (χ3n) is 5.85. The molecule has 0 bridgehead atoms. The standard InChI is InChI=1S/C23H23ClN6O3S/c1-14-6-9-26-15(10-14)12-30-20(17-5-4-16(11-18(17)24)34(31,32)25-3)29-19-21(30)27-13-28-22(19)33-23(2)7-8-23/h4-6,9-11,13,25H,7-8,12H2,1-3H3. The molecule has 0 amide bonds. The topological polar surface area (TPSA) is 112 Å². The van der Waals surface area contributed by atoms with Gasteiger partial charge in [-0.1, -0.05) is 11.6 Å². The van der Waals surface area contributed by atoms with Gasteiger partial charge in [0.25, 0.3) is 0 Å². The van der Waals surface area contributed by atoms with Gasteiger partial charge in [-0.25, -0.2) is 23.1 Å². The highest BCUT2D eigenvalue weighted by molar-refractivity contribution is 7.89.